The van der Waals surface area contributed by atoms with Crippen molar-refractivity contribution in [3.63, 3.8) is 0 Å². The maximum Gasteiger partial charge on any atom is 0.259 e. The molecule has 26 heavy (non-hydrogen) atoms. The zero-order chi connectivity index (χ0) is 18.1. The van der Waals surface area contributed by atoms with Gasteiger partial charge in [-0.25, -0.2) is 4.98 Å². The number of carbonyl (C=O) groups excluding carboxylic acids is 1. The van der Waals surface area contributed by atoms with Crippen molar-refractivity contribution in [3.8, 4) is 6.07 Å². The number of nitrogens with one attached hydrogen (secondary N) is 1. The summed E-state index contributed by atoms with van der Waals surface area (Å²) in [6.45, 7) is 1.41. The third-order valence-corrected chi connectivity index (χ3v) is 5.76. The summed E-state index contributed by atoms with van der Waals surface area (Å²) < 4.78 is 0. The first-order chi connectivity index (χ1) is 12.7. The average molecular weight is 383 g/mol. The molecule has 10 heteroatoms. The number of hydrogen-bond donors (Lipinski definition) is 2. The van der Waals surface area contributed by atoms with E-state index in [1.807, 2.05) is 6.07 Å². The molecule has 0 atom stereocenters. The largest absolute Gasteiger partial charge is 0.389 e. The van der Waals surface area contributed by atoms with Gasteiger partial charge in [0.1, 0.15) is 22.4 Å². The molecule has 0 spiro atoms. The maximum atomic E-state index is 12.2. The number of aromatic nitrogens is 3. The molecule has 130 valence electrons. The lowest BCUT2D eigenvalue weighted by Gasteiger charge is -2.28. The molecule has 0 bridgehead atoms. The molecule has 0 saturated heterocycles. The lowest BCUT2D eigenvalue weighted by molar-refractivity contribution is 0.102. The van der Waals surface area contributed by atoms with Gasteiger partial charge in [-0.1, -0.05) is 11.3 Å². The van der Waals surface area contributed by atoms with Crippen molar-refractivity contribution in [3.05, 3.63) is 45.4 Å². The number of thiophene rings is 1. The summed E-state index contributed by atoms with van der Waals surface area (Å²) in [5, 5.41) is 20.4. The highest BCUT2D eigenvalue weighted by molar-refractivity contribution is 7.16. The smallest absolute Gasteiger partial charge is 0.259 e. The Bertz CT molecular complexity index is 989. The Kier molecular flexibility index (Phi) is 4.24. The van der Waals surface area contributed by atoms with E-state index >= 15 is 0 Å². The summed E-state index contributed by atoms with van der Waals surface area (Å²) >= 11 is 2.72. The highest BCUT2D eigenvalue weighted by Gasteiger charge is 2.24. The normalized spacial score (nSPS) is 13.1. The Balaban J connectivity index is 1.49. The van der Waals surface area contributed by atoms with E-state index in [0.717, 1.165) is 29.2 Å². The molecule has 3 aromatic rings. The minimum absolute atomic E-state index is 0.272. The first-order valence-corrected chi connectivity index (χ1v) is 9.44. The molecule has 1 aliphatic heterocycles. The predicted molar refractivity (Wildman–Crippen MR) is 100 cm³/mol. The maximum absolute atomic E-state index is 12.2. The molecule has 3 aromatic heterocycles. The number of rotatable bonds is 3. The number of pyridine rings is 1. The highest BCUT2D eigenvalue weighted by atomic mass is 32.1. The fraction of sp³-hybridized carbons (Fsp3) is 0.188. The molecule has 0 fully saturated rings. The van der Waals surface area contributed by atoms with Gasteiger partial charge < -0.3 is 10.6 Å². The number of nitrogens with two attached hydrogens (primary N) is 1. The van der Waals surface area contributed by atoms with Gasteiger partial charge >= 0.3 is 0 Å². The van der Waals surface area contributed by atoms with E-state index in [-0.39, 0.29) is 5.91 Å². The van der Waals surface area contributed by atoms with Gasteiger partial charge in [0.15, 0.2) is 0 Å². The lowest BCUT2D eigenvalue weighted by Crippen LogP contribution is -2.30. The molecule has 4 heterocycles. The topological polar surface area (TPSA) is 121 Å². The molecule has 0 aromatic carbocycles. The number of anilines is 3. The van der Waals surface area contributed by atoms with Gasteiger partial charge in [0.25, 0.3) is 5.91 Å². The summed E-state index contributed by atoms with van der Waals surface area (Å²) in [5.74, 6) is 0.514. The van der Waals surface area contributed by atoms with E-state index < -0.39 is 0 Å². The second-order valence-electron chi connectivity index (χ2n) is 5.63. The molecule has 1 amide bonds. The van der Waals surface area contributed by atoms with Crippen molar-refractivity contribution >= 4 is 44.5 Å². The Morgan fingerprint density at radius 2 is 2.31 bits per heavy atom. The van der Waals surface area contributed by atoms with Gasteiger partial charge in [0, 0.05) is 17.6 Å². The molecule has 0 aliphatic carbocycles. The molecule has 0 radical (unpaired) electrons. The van der Waals surface area contributed by atoms with Crippen LogP contribution in [0.25, 0.3) is 0 Å². The number of nitriles is 1. The van der Waals surface area contributed by atoms with Crippen molar-refractivity contribution in [1.82, 2.24) is 15.2 Å². The average Bonchev–Trinajstić information content (AvgIpc) is 3.27. The van der Waals surface area contributed by atoms with Crippen molar-refractivity contribution in [2.45, 2.75) is 13.0 Å². The van der Waals surface area contributed by atoms with Crippen LogP contribution in [0.3, 0.4) is 0 Å². The molecule has 0 unspecified atom stereocenters. The van der Waals surface area contributed by atoms with Gasteiger partial charge in [-0.15, -0.1) is 21.5 Å². The van der Waals surface area contributed by atoms with Crippen molar-refractivity contribution in [2.24, 2.45) is 0 Å². The molecule has 4 rings (SSSR count). The minimum Gasteiger partial charge on any atom is -0.389 e. The SMILES string of the molecule is N#Cc1c(N)sc2c1CCN(c1ccc(C(=O)Nc3nncs3)cn1)C2. The van der Waals surface area contributed by atoms with E-state index in [4.69, 9.17) is 5.73 Å². The standard InChI is InChI=1S/C16H13N7OS2/c17-5-11-10-3-4-23(7-12(10)26-14(11)18)13-2-1-9(6-19-13)15(24)21-16-22-20-8-25-16/h1-2,6,8H,3-4,7,18H2,(H,21,22,24). The van der Waals surface area contributed by atoms with Crippen molar-refractivity contribution < 1.29 is 4.79 Å². The molecular formula is C16H13N7OS2. The third kappa shape index (κ3) is 2.98. The number of fused-ring (bicyclic) bond motifs is 1. The van der Waals surface area contributed by atoms with Crippen LogP contribution in [0.15, 0.2) is 23.8 Å². The zero-order valence-corrected chi connectivity index (χ0v) is 15.1. The van der Waals surface area contributed by atoms with Crippen LogP contribution in [-0.2, 0) is 13.0 Å². The van der Waals surface area contributed by atoms with Crippen LogP contribution in [-0.4, -0.2) is 27.6 Å². The number of carbonyl (C=O) groups is 1. The highest BCUT2D eigenvalue weighted by Crippen LogP contribution is 2.35. The lowest BCUT2D eigenvalue weighted by atomic mass is 10.0. The number of nitrogens with zero attached hydrogens (tertiary/aromatic N) is 5. The van der Waals surface area contributed by atoms with Crippen LogP contribution in [0.5, 0.6) is 0 Å². The number of nitrogen functional groups attached to an aromatic ring is 1. The zero-order valence-electron chi connectivity index (χ0n) is 13.5. The molecule has 3 N–H and O–H groups in total. The first kappa shape index (κ1) is 16.4. The quantitative estimate of drug-likeness (QED) is 0.711. The van der Waals surface area contributed by atoms with Crippen LogP contribution in [0, 0.1) is 11.3 Å². The van der Waals surface area contributed by atoms with E-state index in [1.165, 1.54) is 22.7 Å². The summed E-state index contributed by atoms with van der Waals surface area (Å²) in [6, 6.07) is 5.75. The Labute approximate surface area is 156 Å². The third-order valence-electron chi connectivity index (χ3n) is 4.11. The van der Waals surface area contributed by atoms with Crippen LogP contribution >= 0.6 is 22.7 Å². The Morgan fingerprint density at radius 1 is 1.42 bits per heavy atom. The monoisotopic (exact) mass is 383 g/mol. The fourth-order valence-electron chi connectivity index (χ4n) is 2.85. The summed E-state index contributed by atoms with van der Waals surface area (Å²) in [5.41, 5.74) is 9.61. The van der Waals surface area contributed by atoms with E-state index in [0.29, 0.717) is 27.8 Å². The second kappa shape index (κ2) is 6.70. The summed E-state index contributed by atoms with van der Waals surface area (Å²) in [4.78, 5) is 19.8. The Morgan fingerprint density at radius 3 is 3.00 bits per heavy atom. The Hall–Kier alpha value is -3.03. The van der Waals surface area contributed by atoms with Crippen LogP contribution in [0.1, 0.15) is 26.4 Å². The molecule has 0 saturated carbocycles. The number of hydrogen-bond acceptors (Lipinski definition) is 9. The fourth-order valence-corrected chi connectivity index (χ4v) is 4.37. The van der Waals surface area contributed by atoms with E-state index in [2.05, 4.69) is 31.5 Å². The van der Waals surface area contributed by atoms with Crippen LogP contribution in [0.2, 0.25) is 0 Å². The van der Waals surface area contributed by atoms with Gasteiger partial charge in [0.2, 0.25) is 5.13 Å². The van der Waals surface area contributed by atoms with Crippen molar-refractivity contribution in [1.29, 1.82) is 5.26 Å². The van der Waals surface area contributed by atoms with Crippen molar-refractivity contribution in [2.75, 3.05) is 22.5 Å². The molecular weight excluding hydrogens is 370 g/mol. The van der Waals surface area contributed by atoms with Crippen LogP contribution < -0.4 is 16.0 Å². The van der Waals surface area contributed by atoms with Gasteiger partial charge in [0.05, 0.1) is 17.7 Å². The number of amides is 1. The molecule has 8 nitrogen and oxygen atoms in total. The van der Waals surface area contributed by atoms with Gasteiger partial charge in [-0.05, 0) is 24.1 Å². The predicted octanol–water partition coefficient (Wildman–Crippen LogP) is 2.26. The minimum atomic E-state index is -0.272. The first-order valence-electron chi connectivity index (χ1n) is 7.74. The van der Waals surface area contributed by atoms with E-state index in [9.17, 15) is 10.1 Å². The summed E-state index contributed by atoms with van der Waals surface area (Å²) in [7, 11) is 0. The van der Waals surface area contributed by atoms with Gasteiger partial charge in [-0.3, -0.25) is 10.1 Å². The summed E-state index contributed by atoms with van der Waals surface area (Å²) in [6.07, 6.45) is 2.30. The van der Waals surface area contributed by atoms with Gasteiger partial charge in [-0.2, -0.15) is 5.26 Å². The second-order valence-corrected chi connectivity index (χ2v) is 7.60. The van der Waals surface area contributed by atoms with Crippen LogP contribution in [0.4, 0.5) is 16.0 Å². The molecule has 1 aliphatic rings. The van der Waals surface area contributed by atoms with E-state index in [1.54, 1.807) is 17.8 Å².